The summed E-state index contributed by atoms with van der Waals surface area (Å²) in [5.41, 5.74) is 1.78. The molecule has 118 valence electrons. The van der Waals surface area contributed by atoms with Gasteiger partial charge in [-0.1, -0.05) is 37.3 Å². The molecule has 1 aliphatic heterocycles. The van der Waals surface area contributed by atoms with E-state index < -0.39 is 0 Å². The molecule has 0 aromatic heterocycles. The Labute approximate surface area is 130 Å². The van der Waals surface area contributed by atoms with Gasteiger partial charge in [-0.05, 0) is 70.6 Å². The van der Waals surface area contributed by atoms with Gasteiger partial charge < -0.3 is 5.32 Å². The van der Waals surface area contributed by atoms with Crippen LogP contribution in [0.4, 0.5) is 0 Å². The van der Waals surface area contributed by atoms with Crippen LogP contribution in [0.5, 0.6) is 0 Å². The van der Waals surface area contributed by atoms with Crippen molar-refractivity contribution in [2.75, 3.05) is 26.2 Å². The molecule has 1 aromatic carbocycles. The zero-order valence-electron chi connectivity index (χ0n) is 14.1. The minimum Gasteiger partial charge on any atom is -0.316 e. The van der Waals surface area contributed by atoms with Gasteiger partial charge in [0.15, 0.2) is 0 Å². The van der Waals surface area contributed by atoms with E-state index in [1.54, 1.807) is 0 Å². The van der Waals surface area contributed by atoms with Crippen LogP contribution < -0.4 is 5.32 Å². The Morgan fingerprint density at radius 3 is 2.71 bits per heavy atom. The van der Waals surface area contributed by atoms with Crippen molar-refractivity contribution < 1.29 is 0 Å². The lowest BCUT2D eigenvalue weighted by atomic mass is 9.93. The highest BCUT2D eigenvalue weighted by molar-refractivity contribution is 5.15. The molecule has 1 aliphatic rings. The fourth-order valence-corrected chi connectivity index (χ4v) is 3.29. The fraction of sp³-hybridized carbons (Fsp3) is 0.684. The second kappa shape index (κ2) is 7.95. The highest BCUT2D eigenvalue weighted by atomic mass is 15.2. The van der Waals surface area contributed by atoms with Crippen LogP contribution >= 0.6 is 0 Å². The van der Waals surface area contributed by atoms with Crippen LogP contribution in [0.2, 0.25) is 0 Å². The van der Waals surface area contributed by atoms with Gasteiger partial charge in [-0.2, -0.15) is 0 Å². The van der Waals surface area contributed by atoms with Crippen LogP contribution in [-0.4, -0.2) is 36.6 Å². The lowest BCUT2D eigenvalue weighted by Gasteiger charge is -2.36. The molecule has 0 saturated carbocycles. The smallest absolute Gasteiger partial charge is 0.0156 e. The van der Waals surface area contributed by atoms with Crippen molar-refractivity contribution in [2.45, 2.75) is 52.0 Å². The highest BCUT2D eigenvalue weighted by Gasteiger charge is 2.32. The molecule has 1 unspecified atom stereocenters. The van der Waals surface area contributed by atoms with E-state index in [1.165, 1.54) is 50.9 Å². The molecule has 1 saturated heterocycles. The topological polar surface area (TPSA) is 15.3 Å². The van der Waals surface area contributed by atoms with Gasteiger partial charge in [0.25, 0.3) is 0 Å². The Morgan fingerprint density at radius 2 is 2.00 bits per heavy atom. The molecule has 0 aliphatic carbocycles. The van der Waals surface area contributed by atoms with E-state index >= 15 is 0 Å². The number of aryl methyl sites for hydroxylation is 1. The molecule has 0 radical (unpaired) electrons. The molecule has 1 atom stereocenters. The van der Waals surface area contributed by atoms with Crippen LogP contribution in [0.3, 0.4) is 0 Å². The summed E-state index contributed by atoms with van der Waals surface area (Å²) in [4.78, 5) is 2.70. The number of nitrogens with zero attached hydrogens (tertiary/aromatic N) is 1. The zero-order valence-corrected chi connectivity index (χ0v) is 14.1. The van der Waals surface area contributed by atoms with Crippen LogP contribution in [0, 0.1) is 5.92 Å². The molecule has 2 rings (SSSR count). The van der Waals surface area contributed by atoms with Crippen molar-refractivity contribution in [3.8, 4) is 0 Å². The third-order valence-corrected chi connectivity index (χ3v) is 4.87. The third kappa shape index (κ3) is 5.12. The van der Waals surface area contributed by atoms with Gasteiger partial charge in [0, 0.05) is 12.1 Å². The summed E-state index contributed by atoms with van der Waals surface area (Å²) in [5, 5.41) is 3.58. The summed E-state index contributed by atoms with van der Waals surface area (Å²) >= 11 is 0. The standard InChI is InChI=1S/C19H32N2/c1-4-13-20-15-18-11-14-21(16-18)19(2,3)12-10-17-8-6-5-7-9-17/h5-9,18,20H,4,10-16H2,1-3H3. The molecule has 1 aromatic rings. The second-order valence-electron chi connectivity index (χ2n) is 7.10. The van der Waals surface area contributed by atoms with Crippen LogP contribution in [-0.2, 0) is 6.42 Å². The molecular formula is C19H32N2. The lowest BCUT2D eigenvalue weighted by Crippen LogP contribution is -2.43. The maximum absolute atomic E-state index is 3.58. The first-order chi connectivity index (χ1) is 10.1. The van der Waals surface area contributed by atoms with Gasteiger partial charge >= 0.3 is 0 Å². The largest absolute Gasteiger partial charge is 0.316 e. The summed E-state index contributed by atoms with van der Waals surface area (Å²) in [7, 11) is 0. The summed E-state index contributed by atoms with van der Waals surface area (Å²) in [5.74, 6) is 0.840. The maximum atomic E-state index is 3.58. The van der Waals surface area contributed by atoms with Gasteiger partial charge in [-0.25, -0.2) is 0 Å². The van der Waals surface area contributed by atoms with Crippen LogP contribution in [0.1, 0.15) is 45.6 Å². The van der Waals surface area contributed by atoms with Crippen molar-refractivity contribution in [1.82, 2.24) is 10.2 Å². The number of likely N-dealkylation sites (tertiary alicyclic amines) is 1. The minimum absolute atomic E-state index is 0.315. The van der Waals surface area contributed by atoms with Crippen molar-refractivity contribution in [3.05, 3.63) is 35.9 Å². The Morgan fingerprint density at radius 1 is 1.24 bits per heavy atom. The van der Waals surface area contributed by atoms with E-state index in [-0.39, 0.29) is 0 Å². The van der Waals surface area contributed by atoms with E-state index in [4.69, 9.17) is 0 Å². The molecule has 0 amide bonds. The summed E-state index contributed by atoms with van der Waals surface area (Å²) < 4.78 is 0. The van der Waals surface area contributed by atoms with Crippen molar-refractivity contribution >= 4 is 0 Å². The van der Waals surface area contributed by atoms with Crippen LogP contribution in [0.25, 0.3) is 0 Å². The van der Waals surface area contributed by atoms with E-state index in [2.05, 4.69) is 61.3 Å². The molecular weight excluding hydrogens is 256 g/mol. The maximum Gasteiger partial charge on any atom is 0.0156 e. The summed E-state index contributed by atoms with van der Waals surface area (Å²) in [6.45, 7) is 11.9. The monoisotopic (exact) mass is 288 g/mol. The molecule has 21 heavy (non-hydrogen) atoms. The molecule has 1 fully saturated rings. The fourth-order valence-electron chi connectivity index (χ4n) is 3.29. The summed E-state index contributed by atoms with van der Waals surface area (Å²) in [6.07, 6.45) is 5.01. The Bertz CT molecular complexity index is 399. The van der Waals surface area contributed by atoms with Gasteiger partial charge in [0.05, 0.1) is 0 Å². The zero-order chi connectivity index (χ0) is 15.1. The highest BCUT2D eigenvalue weighted by Crippen LogP contribution is 2.28. The van der Waals surface area contributed by atoms with E-state index in [0.29, 0.717) is 5.54 Å². The molecule has 0 spiro atoms. The average molecular weight is 288 g/mol. The minimum atomic E-state index is 0.315. The van der Waals surface area contributed by atoms with E-state index in [1.807, 2.05) is 0 Å². The Kier molecular flexibility index (Phi) is 6.25. The third-order valence-electron chi connectivity index (χ3n) is 4.87. The quantitative estimate of drug-likeness (QED) is 0.733. The normalized spacial score (nSPS) is 20.0. The van der Waals surface area contributed by atoms with Gasteiger partial charge in [0.1, 0.15) is 0 Å². The van der Waals surface area contributed by atoms with Gasteiger partial charge in [0.2, 0.25) is 0 Å². The number of hydrogen-bond acceptors (Lipinski definition) is 2. The predicted octanol–water partition coefficient (Wildman–Crippen LogP) is 3.72. The van der Waals surface area contributed by atoms with E-state index in [9.17, 15) is 0 Å². The number of nitrogens with one attached hydrogen (secondary N) is 1. The van der Waals surface area contributed by atoms with Crippen molar-refractivity contribution in [1.29, 1.82) is 0 Å². The molecule has 1 N–H and O–H groups in total. The SMILES string of the molecule is CCCNCC1CCN(C(C)(C)CCc2ccccc2)C1. The van der Waals surface area contributed by atoms with Crippen molar-refractivity contribution in [2.24, 2.45) is 5.92 Å². The van der Waals surface area contributed by atoms with E-state index in [0.717, 1.165) is 12.5 Å². The summed E-state index contributed by atoms with van der Waals surface area (Å²) in [6, 6.07) is 10.9. The first kappa shape index (κ1) is 16.5. The Balaban J connectivity index is 1.77. The van der Waals surface area contributed by atoms with Crippen molar-refractivity contribution in [3.63, 3.8) is 0 Å². The second-order valence-corrected chi connectivity index (χ2v) is 7.10. The number of rotatable bonds is 8. The Hall–Kier alpha value is -0.860. The predicted molar refractivity (Wildman–Crippen MR) is 91.7 cm³/mol. The molecule has 2 nitrogen and oxygen atoms in total. The first-order valence-electron chi connectivity index (χ1n) is 8.61. The van der Waals surface area contributed by atoms with Gasteiger partial charge in [-0.3, -0.25) is 4.90 Å². The molecule has 2 heteroatoms. The number of hydrogen-bond donors (Lipinski definition) is 1. The van der Waals surface area contributed by atoms with Crippen LogP contribution in [0.15, 0.2) is 30.3 Å². The molecule has 0 bridgehead atoms. The molecule has 1 heterocycles. The first-order valence-corrected chi connectivity index (χ1v) is 8.61. The lowest BCUT2D eigenvalue weighted by molar-refractivity contribution is 0.138. The number of benzene rings is 1. The average Bonchev–Trinajstić information content (AvgIpc) is 2.96. The van der Waals surface area contributed by atoms with Gasteiger partial charge in [-0.15, -0.1) is 0 Å².